The number of amides is 1. The summed E-state index contributed by atoms with van der Waals surface area (Å²) < 4.78 is 42.0. The number of halogens is 1. The summed E-state index contributed by atoms with van der Waals surface area (Å²) in [5, 5.41) is 2.61. The van der Waals surface area contributed by atoms with Crippen molar-refractivity contribution in [1.29, 1.82) is 0 Å². The first-order valence-electron chi connectivity index (χ1n) is 9.49. The zero-order valence-corrected chi connectivity index (χ0v) is 17.1. The highest BCUT2D eigenvalue weighted by Crippen LogP contribution is 2.17. The fraction of sp³-hybridized carbons (Fsp3) is 0.0909. The summed E-state index contributed by atoms with van der Waals surface area (Å²) >= 11 is 0. The average Bonchev–Trinajstić information content (AvgIpc) is 3.16. The monoisotopic (exact) mass is 438 g/mol. The van der Waals surface area contributed by atoms with Gasteiger partial charge in [-0.2, -0.15) is 4.72 Å². The molecular formula is C22H19FN4O3S. The van der Waals surface area contributed by atoms with Crippen molar-refractivity contribution in [2.75, 3.05) is 5.32 Å². The van der Waals surface area contributed by atoms with Gasteiger partial charge in [0.1, 0.15) is 16.8 Å². The van der Waals surface area contributed by atoms with Gasteiger partial charge in [0.05, 0.1) is 11.0 Å². The number of hydrogen-bond donors (Lipinski definition) is 3. The summed E-state index contributed by atoms with van der Waals surface area (Å²) in [5.74, 6) is -1.33. The van der Waals surface area contributed by atoms with Crippen molar-refractivity contribution in [2.45, 2.75) is 17.4 Å². The van der Waals surface area contributed by atoms with Crippen LogP contribution in [-0.4, -0.2) is 30.3 Å². The van der Waals surface area contributed by atoms with E-state index in [0.29, 0.717) is 5.52 Å². The molecule has 1 atom stereocenters. The highest BCUT2D eigenvalue weighted by molar-refractivity contribution is 7.89. The lowest BCUT2D eigenvalue weighted by atomic mass is 10.1. The maximum absolute atomic E-state index is 14.1. The highest BCUT2D eigenvalue weighted by atomic mass is 32.2. The summed E-state index contributed by atoms with van der Waals surface area (Å²) in [7, 11) is -4.29. The molecular weight excluding hydrogens is 419 g/mol. The standard InChI is InChI=1S/C22H19FN4O3S/c23-16-10-4-7-13-20(16)31(29,30)27-19(14-15-8-2-1-3-9-15)21(28)26-22-24-17-11-5-6-12-18(17)25-22/h1-13,19,27H,14H2,(H2,24,25,26,28)/t19-/m0/s1. The van der Waals surface area contributed by atoms with Crippen molar-refractivity contribution in [2.24, 2.45) is 0 Å². The van der Waals surface area contributed by atoms with E-state index in [1.54, 1.807) is 36.4 Å². The number of para-hydroxylation sites is 2. The molecule has 1 heterocycles. The lowest BCUT2D eigenvalue weighted by Crippen LogP contribution is -2.45. The Hall–Kier alpha value is -3.56. The fourth-order valence-electron chi connectivity index (χ4n) is 3.17. The first kappa shape index (κ1) is 20.7. The van der Waals surface area contributed by atoms with E-state index < -0.39 is 32.7 Å². The molecule has 3 N–H and O–H groups in total. The van der Waals surface area contributed by atoms with Crippen LogP contribution in [0.5, 0.6) is 0 Å². The summed E-state index contributed by atoms with van der Waals surface area (Å²) in [6.45, 7) is 0. The minimum atomic E-state index is -4.29. The molecule has 0 bridgehead atoms. The van der Waals surface area contributed by atoms with E-state index in [1.165, 1.54) is 12.1 Å². The number of aromatic amines is 1. The predicted molar refractivity (Wildman–Crippen MR) is 115 cm³/mol. The molecule has 0 aliphatic rings. The van der Waals surface area contributed by atoms with Gasteiger partial charge in [0.15, 0.2) is 0 Å². The van der Waals surface area contributed by atoms with Gasteiger partial charge in [-0.05, 0) is 36.2 Å². The normalized spacial score (nSPS) is 12.5. The van der Waals surface area contributed by atoms with Crippen molar-refractivity contribution < 1.29 is 17.6 Å². The van der Waals surface area contributed by atoms with Crippen LogP contribution in [0.25, 0.3) is 11.0 Å². The number of fused-ring (bicyclic) bond motifs is 1. The van der Waals surface area contributed by atoms with Crippen LogP contribution >= 0.6 is 0 Å². The van der Waals surface area contributed by atoms with Crippen LogP contribution in [0, 0.1) is 5.82 Å². The third-order valence-corrected chi connectivity index (χ3v) is 6.16. The van der Waals surface area contributed by atoms with Crippen LogP contribution in [0.3, 0.4) is 0 Å². The molecule has 0 fully saturated rings. The molecule has 0 radical (unpaired) electrons. The molecule has 3 aromatic carbocycles. The van der Waals surface area contributed by atoms with E-state index in [-0.39, 0.29) is 12.4 Å². The number of carbonyl (C=O) groups is 1. The molecule has 0 aliphatic heterocycles. The van der Waals surface area contributed by atoms with Crippen molar-refractivity contribution >= 4 is 32.9 Å². The molecule has 0 spiro atoms. The van der Waals surface area contributed by atoms with Crippen molar-refractivity contribution in [3.63, 3.8) is 0 Å². The van der Waals surface area contributed by atoms with Crippen LogP contribution < -0.4 is 10.0 Å². The number of H-pyrrole nitrogens is 1. The molecule has 4 rings (SSSR count). The topological polar surface area (TPSA) is 104 Å². The summed E-state index contributed by atoms with van der Waals surface area (Å²) in [6.07, 6.45) is 0.0700. The lowest BCUT2D eigenvalue weighted by Gasteiger charge is -2.18. The summed E-state index contributed by atoms with van der Waals surface area (Å²) in [5.41, 5.74) is 2.12. The molecule has 1 aromatic heterocycles. The molecule has 7 nitrogen and oxygen atoms in total. The smallest absolute Gasteiger partial charge is 0.245 e. The van der Waals surface area contributed by atoms with Crippen molar-refractivity contribution in [1.82, 2.24) is 14.7 Å². The number of hydrogen-bond acceptors (Lipinski definition) is 4. The van der Waals surface area contributed by atoms with Crippen LogP contribution in [0.2, 0.25) is 0 Å². The summed E-state index contributed by atoms with van der Waals surface area (Å²) in [6, 6.07) is 20.0. The van der Waals surface area contributed by atoms with Gasteiger partial charge >= 0.3 is 0 Å². The Morgan fingerprint density at radius 2 is 1.65 bits per heavy atom. The number of nitrogens with zero attached hydrogens (tertiary/aromatic N) is 1. The first-order chi connectivity index (χ1) is 14.9. The Morgan fingerprint density at radius 1 is 0.968 bits per heavy atom. The first-order valence-corrected chi connectivity index (χ1v) is 11.0. The molecule has 0 saturated carbocycles. The van der Waals surface area contributed by atoms with Gasteiger partial charge in [0.2, 0.25) is 21.9 Å². The molecule has 4 aromatic rings. The minimum Gasteiger partial charge on any atom is -0.324 e. The van der Waals surface area contributed by atoms with E-state index >= 15 is 0 Å². The van der Waals surface area contributed by atoms with E-state index in [4.69, 9.17) is 0 Å². The minimum absolute atomic E-state index is 0.0700. The quantitative estimate of drug-likeness (QED) is 0.412. The average molecular weight is 438 g/mol. The number of rotatable bonds is 7. The van der Waals surface area contributed by atoms with Gasteiger partial charge in [-0.3, -0.25) is 10.1 Å². The van der Waals surface area contributed by atoms with Gasteiger partial charge in [-0.1, -0.05) is 54.6 Å². The summed E-state index contributed by atoms with van der Waals surface area (Å²) in [4.78, 5) is 19.7. The number of aromatic nitrogens is 2. The second-order valence-electron chi connectivity index (χ2n) is 6.89. The zero-order valence-electron chi connectivity index (χ0n) is 16.2. The second kappa shape index (κ2) is 8.66. The molecule has 0 aliphatic carbocycles. The Kier molecular flexibility index (Phi) is 5.79. The fourth-order valence-corrected chi connectivity index (χ4v) is 4.44. The van der Waals surface area contributed by atoms with Crippen molar-refractivity contribution in [3.8, 4) is 0 Å². The third-order valence-electron chi connectivity index (χ3n) is 4.65. The molecule has 158 valence electrons. The van der Waals surface area contributed by atoms with Crippen LogP contribution in [-0.2, 0) is 21.2 Å². The molecule has 0 saturated heterocycles. The van der Waals surface area contributed by atoms with Crippen molar-refractivity contribution in [3.05, 3.63) is 90.2 Å². The zero-order chi connectivity index (χ0) is 21.8. The maximum atomic E-state index is 14.1. The van der Waals surface area contributed by atoms with E-state index in [0.717, 1.165) is 23.2 Å². The Bertz CT molecular complexity index is 1290. The molecule has 31 heavy (non-hydrogen) atoms. The van der Waals surface area contributed by atoms with E-state index in [1.807, 2.05) is 18.2 Å². The number of sulfonamides is 1. The van der Waals surface area contributed by atoms with Gasteiger partial charge in [0, 0.05) is 0 Å². The molecule has 1 amide bonds. The Morgan fingerprint density at radius 3 is 2.39 bits per heavy atom. The van der Waals surface area contributed by atoms with Gasteiger partial charge < -0.3 is 4.98 Å². The van der Waals surface area contributed by atoms with Gasteiger partial charge in [-0.15, -0.1) is 0 Å². The third kappa shape index (κ3) is 4.79. The highest BCUT2D eigenvalue weighted by Gasteiger charge is 2.28. The van der Waals surface area contributed by atoms with Crippen LogP contribution in [0.1, 0.15) is 5.56 Å². The van der Waals surface area contributed by atoms with Gasteiger partial charge in [-0.25, -0.2) is 17.8 Å². The SMILES string of the molecule is O=C(Nc1nc2ccccc2[nH]1)[C@H](Cc1ccccc1)NS(=O)(=O)c1ccccc1F. The number of carbonyl (C=O) groups excluding carboxylic acids is 1. The van der Waals surface area contributed by atoms with Gasteiger partial charge in [0.25, 0.3) is 0 Å². The maximum Gasteiger partial charge on any atom is 0.245 e. The molecule has 0 unspecified atom stereocenters. The largest absolute Gasteiger partial charge is 0.324 e. The van der Waals surface area contributed by atoms with Crippen LogP contribution in [0.4, 0.5) is 10.3 Å². The number of nitrogens with one attached hydrogen (secondary N) is 3. The second-order valence-corrected chi connectivity index (χ2v) is 8.57. The van der Waals surface area contributed by atoms with E-state index in [9.17, 15) is 17.6 Å². The Balaban J connectivity index is 1.61. The number of imidazole rings is 1. The number of benzene rings is 3. The lowest BCUT2D eigenvalue weighted by molar-refractivity contribution is -0.117. The molecule has 9 heteroatoms. The number of anilines is 1. The van der Waals surface area contributed by atoms with E-state index in [2.05, 4.69) is 20.0 Å². The van der Waals surface area contributed by atoms with Crippen LogP contribution in [0.15, 0.2) is 83.8 Å². The predicted octanol–water partition coefficient (Wildman–Crippen LogP) is 3.23. The Labute approximate surface area is 178 Å².